The van der Waals surface area contributed by atoms with E-state index >= 15 is 0 Å². The van der Waals surface area contributed by atoms with Gasteiger partial charge in [-0.3, -0.25) is 4.68 Å². The molecule has 25 heavy (non-hydrogen) atoms. The van der Waals surface area contributed by atoms with Crippen molar-refractivity contribution in [3.63, 3.8) is 0 Å². The first-order chi connectivity index (χ1) is 11.9. The Morgan fingerprint density at radius 2 is 2.04 bits per heavy atom. The van der Waals surface area contributed by atoms with Crippen LogP contribution in [0.3, 0.4) is 0 Å². The minimum atomic E-state index is -0.477. The number of nitrogens with two attached hydrogens (primary N) is 1. The van der Waals surface area contributed by atoms with Gasteiger partial charge in [0.1, 0.15) is 17.5 Å². The lowest BCUT2D eigenvalue weighted by Gasteiger charge is -2.11. The highest BCUT2D eigenvalue weighted by atomic mass is 19.1. The number of anilines is 1. The van der Waals surface area contributed by atoms with Gasteiger partial charge in [0.25, 0.3) is 0 Å². The third kappa shape index (κ3) is 2.90. The predicted octanol–water partition coefficient (Wildman–Crippen LogP) is 3.06. The number of nitrogens with zero attached hydrogens (tertiary/aromatic N) is 4. The van der Waals surface area contributed by atoms with Crippen molar-refractivity contribution in [1.82, 2.24) is 14.8 Å². The van der Waals surface area contributed by atoms with Gasteiger partial charge in [0.15, 0.2) is 11.6 Å². The van der Waals surface area contributed by atoms with Crippen molar-refractivity contribution >= 4 is 5.82 Å². The topological polar surface area (TPSA) is 89.8 Å². The van der Waals surface area contributed by atoms with Crippen molar-refractivity contribution < 1.29 is 9.13 Å². The van der Waals surface area contributed by atoms with Gasteiger partial charge < -0.3 is 10.5 Å². The lowest BCUT2D eigenvalue weighted by Crippen LogP contribution is -2.00. The molecular formula is C18H16FN5O. The van der Waals surface area contributed by atoms with Gasteiger partial charge in [-0.25, -0.2) is 9.37 Å². The summed E-state index contributed by atoms with van der Waals surface area (Å²) < 4.78 is 20.4. The number of methoxy groups -OCH3 is 1. The highest BCUT2D eigenvalue weighted by Gasteiger charge is 2.17. The predicted molar refractivity (Wildman–Crippen MR) is 92.2 cm³/mol. The van der Waals surface area contributed by atoms with Crippen molar-refractivity contribution in [2.75, 3.05) is 12.8 Å². The van der Waals surface area contributed by atoms with E-state index in [1.807, 2.05) is 20.2 Å². The third-order valence-corrected chi connectivity index (χ3v) is 3.91. The van der Waals surface area contributed by atoms with Gasteiger partial charge in [0.05, 0.1) is 18.5 Å². The normalized spacial score (nSPS) is 10.5. The highest BCUT2D eigenvalue weighted by molar-refractivity contribution is 5.81. The summed E-state index contributed by atoms with van der Waals surface area (Å²) in [4.78, 5) is 4.33. The summed E-state index contributed by atoms with van der Waals surface area (Å²) >= 11 is 0. The van der Waals surface area contributed by atoms with E-state index in [-0.39, 0.29) is 17.1 Å². The Labute approximate surface area is 144 Å². The van der Waals surface area contributed by atoms with Crippen molar-refractivity contribution in [3.05, 3.63) is 47.5 Å². The fourth-order valence-electron chi connectivity index (χ4n) is 2.73. The molecule has 0 unspecified atom stereocenters. The Morgan fingerprint density at radius 1 is 1.28 bits per heavy atom. The van der Waals surface area contributed by atoms with Gasteiger partial charge in [0.2, 0.25) is 0 Å². The van der Waals surface area contributed by atoms with Crippen molar-refractivity contribution in [2.24, 2.45) is 7.05 Å². The van der Waals surface area contributed by atoms with Crippen LogP contribution >= 0.6 is 0 Å². The van der Waals surface area contributed by atoms with Crippen LogP contribution in [0.4, 0.5) is 10.2 Å². The Hall–Kier alpha value is -3.40. The maximum Gasteiger partial charge on any atom is 0.165 e. The number of pyridine rings is 1. The number of halogens is 1. The summed E-state index contributed by atoms with van der Waals surface area (Å²) in [6, 6.07) is 8.23. The van der Waals surface area contributed by atoms with Crippen LogP contribution in [-0.2, 0) is 7.05 Å². The zero-order valence-corrected chi connectivity index (χ0v) is 14.0. The Morgan fingerprint density at radius 3 is 2.64 bits per heavy atom. The van der Waals surface area contributed by atoms with Crippen LogP contribution in [-0.4, -0.2) is 21.9 Å². The molecule has 1 aromatic carbocycles. The van der Waals surface area contributed by atoms with Gasteiger partial charge in [-0.1, -0.05) is 6.07 Å². The molecule has 0 aliphatic heterocycles. The van der Waals surface area contributed by atoms with Gasteiger partial charge >= 0.3 is 0 Å². The van der Waals surface area contributed by atoms with E-state index in [1.165, 1.54) is 19.2 Å². The third-order valence-electron chi connectivity index (χ3n) is 3.91. The number of nitrogen functional groups attached to an aromatic ring is 1. The first-order valence-corrected chi connectivity index (χ1v) is 7.49. The summed E-state index contributed by atoms with van der Waals surface area (Å²) in [5.74, 6) is -0.271. The van der Waals surface area contributed by atoms with Gasteiger partial charge in [-0.05, 0) is 30.7 Å². The number of rotatable bonds is 3. The molecule has 2 aromatic heterocycles. The average molecular weight is 337 g/mol. The number of hydrogen-bond donors (Lipinski definition) is 1. The van der Waals surface area contributed by atoms with Gasteiger partial charge in [-0.2, -0.15) is 10.4 Å². The van der Waals surface area contributed by atoms with E-state index in [2.05, 4.69) is 16.2 Å². The molecule has 2 heterocycles. The number of ether oxygens (including phenoxy) is 1. The Kier molecular flexibility index (Phi) is 4.11. The summed E-state index contributed by atoms with van der Waals surface area (Å²) in [5.41, 5.74) is 9.62. The van der Waals surface area contributed by atoms with Crippen LogP contribution in [0.5, 0.6) is 5.75 Å². The first kappa shape index (κ1) is 16.5. The molecule has 0 bridgehead atoms. The van der Waals surface area contributed by atoms with E-state index in [0.29, 0.717) is 16.8 Å². The number of aromatic nitrogens is 3. The molecule has 3 rings (SSSR count). The van der Waals surface area contributed by atoms with E-state index in [1.54, 1.807) is 16.8 Å². The van der Waals surface area contributed by atoms with Crippen LogP contribution in [0.15, 0.2) is 30.5 Å². The van der Waals surface area contributed by atoms with Crippen molar-refractivity contribution in [2.45, 2.75) is 6.92 Å². The molecule has 3 aromatic rings. The van der Waals surface area contributed by atoms with Crippen LogP contribution in [0.1, 0.15) is 11.3 Å². The zero-order valence-electron chi connectivity index (χ0n) is 14.0. The van der Waals surface area contributed by atoms with Crippen molar-refractivity contribution in [1.29, 1.82) is 5.26 Å². The summed E-state index contributed by atoms with van der Waals surface area (Å²) in [5, 5.41) is 13.8. The molecule has 0 atom stereocenters. The zero-order chi connectivity index (χ0) is 18.1. The highest BCUT2D eigenvalue weighted by Crippen LogP contribution is 2.34. The second-order valence-electron chi connectivity index (χ2n) is 5.58. The van der Waals surface area contributed by atoms with E-state index in [0.717, 1.165) is 11.3 Å². The lowest BCUT2D eigenvalue weighted by molar-refractivity contribution is 0.387. The molecule has 0 saturated heterocycles. The minimum Gasteiger partial charge on any atom is -0.494 e. The first-order valence-electron chi connectivity index (χ1n) is 7.49. The Balaban J connectivity index is 2.25. The number of nitriles is 1. The van der Waals surface area contributed by atoms with Crippen LogP contribution in [0.25, 0.3) is 22.4 Å². The van der Waals surface area contributed by atoms with E-state index in [9.17, 15) is 9.65 Å². The summed E-state index contributed by atoms with van der Waals surface area (Å²) in [7, 11) is 3.20. The second-order valence-corrected chi connectivity index (χ2v) is 5.58. The molecule has 7 heteroatoms. The molecule has 0 aliphatic carbocycles. The van der Waals surface area contributed by atoms with E-state index < -0.39 is 5.82 Å². The standard InChI is InChI=1S/C18H16FN5O/c1-10-14(9-24(2)23-10)16-7-12(13(8-20)18(21)22-16)11-4-5-15(19)17(6-11)25-3/h4-7,9H,1-3H3,(H2,21,22). The van der Waals surface area contributed by atoms with Crippen LogP contribution in [0.2, 0.25) is 0 Å². The summed E-state index contributed by atoms with van der Waals surface area (Å²) in [6.45, 7) is 1.87. The molecule has 126 valence electrons. The molecule has 0 aliphatic rings. The van der Waals surface area contributed by atoms with Crippen LogP contribution in [0, 0.1) is 24.1 Å². The van der Waals surface area contributed by atoms with Crippen LogP contribution < -0.4 is 10.5 Å². The molecule has 0 saturated carbocycles. The van der Waals surface area contributed by atoms with Crippen molar-refractivity contribution in [3.8, 4) is 34.2 Å². The maximum atomic E-state index is 13.7. The number of aryl methyl sites for hydroxylation is 2. The monoisotopic (exact) mass is 337 g/mol. The SMILES string of the molecule is COc1cc(-c2cc(-c3cn(C)nc3C)nc(N)c2C#N)ccc1F. The quantitative estimate of drug-likeness (QED) is 0.793. The fraction of sp³-hybridized carbons (Fsp3) is 0.167. The number of hydrogen-bond acceptors (Lipinski definition) is 5. The molecule has 0 radical (unpaired) electrons. The molecule has 6 nitrogen and oxygen atoms in total. The van der Waals surface area contributed by atoms with Gasteiger partial charge in [0, 0.05) is 24.4 Å². The second kappa shape index (κ2) is 6.24. The maximum absolute atomic E-state index is 13.7. The van der Waals surface area contributed by atoms with Gasteiger partial charge in [-0.15, -0.1) is 0 Å². The molecule has 0 fully saturated rings. The Bertz CT molecular complexity index is 1000. The fourth-order valence-corrected chi connectivity index (χ4v) is 2.73. The van der Waals surface area contributed by atoms with E-state index in [4.69, 9.17) is 10.5 Å². The lowest BCUT2D eigenvalue weighted by atomic mass is 9.98. The molecule has 0 spiro atoms. The number of benzene rings is 1. The summed E-state index contributed by atoms with van der Waals surface area (Å²) in [6.07, 6.45) is 1.83. The molecule has 2 N–H and O–H groups in total. The smallest absolute Gasteiger partial charge is 0.165 e. The molecular weight excluding hydrogens is 321 g/mol. The molecule has 0 amide bonds. The minimum absolute atomic E-state index is 0.0934. The largest absolute Gasteiger partial charge is 0.494 e. The average Bonchev–Trinajstić information content (AvgIpc) is 2.93.